The summed E-state index contributed by atoms with van der Waals surface area (Å²) in [6.45, 7) is 7.01. The number of ether oxygens (including phenoxy) is 1. The molecule has 0 fully saturated rings. The second-order valence-electron chi connectivity index (χ2n) is 5.43. The fourth-order valence-electron chi connectivity index (χ4n) is 1.49. The number of nitrogens with one attached hydrogen (secondary N) is 1. The Balaban J connectivity index is 2.98. The minimum Gasteiger partial charge on any atom is -0.478 e. The number of thiophene rings is 1. The van der Waals surface area contributed by atoms with Gasteiger partial charge in [0.15, 0.2) is 5.57 Å². The molecule has 0 saturated carbocycles. The second-order valence-corrected chi connectivity index (χ2v) is 6.57. The van der Waals surface area contributed by atoms with Crippen molar-refractivity contribution in [1.82, 2.24) is 0 Å². The highest BCUT2D eigenvalue weighted by atomic mass is 32.1. The predicted molar refractivity (Wildman–Crippen MR) is 83.8 cm³/mol. The van der Waals surface area contributed by atoms with Crippen LogP contribution in [0.15, 0.2) is 17.8 Å². The second kappa shape index (κ2) is 7.09. The van der Waals surface area contributed by atoms with Crippen molar-refractivity contribution in [3.8, 4) is 6.07 Å². The molecule has 0 bridgehead atoms. The van der Waals surface area contributed by atoms with Gasteiger partial charge in [-0.15, -0.1) is 11.3 Å². The maximum Gasteiger partial charge on any atom is 0.350 e. The van der Waals surface area contributed by atoms with Crippen molar-refractivity contribution in [3.63, 3.8) is 0 Å². The van der Waals surface area contributed by atoms with E-state index in [0.717, 1.165) is 4.88 Å². The van der Waals surface area contributed by atoms with Crippen LogP contribution in [-0.4, -0.2) is 22.6 Å². The number of aryl methyl sites for hydroxylation is 1. The van der Waals surface area contributed by atoms with Gasteiger partial charge in [-0.2, -0.15) is 5.26 Å². The van der Waals surface area contributed by atoms with Crippen LogP contribution in [0, 0.1) is 11.3 Å². The van der Waals surface area contributed by atoms with E-state index in [1.54, 1.807) is 32.9 Å². The third kappa shape index (κ3) is 4.90. The molecule has 0 saturated heterocycles. The predicted octanol–water partition coefficient (Wildman–Crippen LogP) is 3.17. The van der Waals surface area contributed by atoms with Gasteiger partial charge in [-0.3, -0.25) is 0 Å². The van der Waals surface area contributed by atoms with E-state index in [2.05, 4.69) is 5.32 Å². The van der Waals surface area contributed by atoms with Crippen molar-refractivity contribution in [2.45, 2.75) is 39.7 Å². The lowest BCUT2D eigenvalue weighted by atomic mass is 10.2. The minimum absolute atomic E-state index is 0.111. The van der Waals surface area contributed by atoms with E-state index in [9.17, 15) is 9.59 Å². The van der Waals surface area contributed by atoms with Crippen LogP contribution in [0.25, 0.3) is 0 Å². The number of nitrogens with zero attached hydrogens (tertiary/aromatic N) is 1. The van der Waals surface area contributed by atoms with Crippen LogP contribution in [0.1, 0.15) is 42.9 Å². The van der Waals surface area contributed by atoms with Crippen molar-refractivity contribution in [1.29, 1.82) is 5.26 Å². The SMILES string of the molecule is CCc1cc(C(=O)O)c(N/C=C(\C#N)C(=O)OC(C)(C)C)s1. The molecule has 1 rings (SSSR count). The number of rotatable bonds is 5. The maximum absolute atomic E-state index is 11.8. The number of anilines is 1. The highest BCUT2D eigenvalue weighted by molar-refractivity contribution is 7.16. The summed E-state index contributed by atoms with van der Waals surface area (Å²) in [5.74, 6) is -1.82. The van der Waals surface area contributed by atoms with E-state index in [1.165, 1.54) is 17.5 Å². The third-order valence-electron chi connectivity index (χ3n) is 2.45. The summed E-state index contributed by atoms with van der Waals surface area (Å²) in [6, 6.07) is 3.32. The molecular formula is C15H18N2O4S. The Kier molecular flexibility index (Phi) is 5.71. The van der Waals surface area contributed by atoms with Crippen molar-refractivity contribution in [3.05, 3.63) is 28.3 Å². The Labute approximate surface area is 133 Å². The van der Waals surface area contributed by atoms with Crippen LogP contribution in [0.3, 0.4) is 0 Å². The molecule has 118 valence electrons. The van der Waals surface area contributed by atoms with E-state index >= 15 is 0 Å². The van der Waals surface area contributed by atoms with E-state index in [1.807, 2.05) is 6.92 Å². The van der Waals surface area contributed by atoms with Crippen LogP contribution >= 0.6 is 11.3 Å². The first-order chi connectivity index (χ1) is 10.2. The molecule has 0 aliphatic heterocycles. The van der Waals surface area contributed by atoms with Crippen LogP contribution in [0.4, 0.5) is 5.00 Å². The van der Waals surface area contributed by atoms with Crippen LogP contribution in [0.5, 0.6) is 0 Å². The standard InChI is InChI=1S/C15H18N2O4S/c1-5-10-6-11(13(18)19)12(22-10)17-8-9(7-16)14(20)21-15(2,3)4/h6,8,17H,5H2,1-4H3,(H,18,19)/b9-8+. The maximum atomic E-state index is 11.8. The number of esters is 1. The molecule has 1 heterocycles. The summed E-state index contributed by atoms with van der Waals surface area (Å²) < 4.78 is 5.10. The number of carbonyl (C=O) groups excluding carboxylic acids is 1. The number of hydrogen-bond donors (Lipinski definition) is 2. The molecule has 0 radical (unpaired) electrons. The van der Waals surface area contributed by atoms with Gasteiger partial charge in [-0.1, -0.05) is 6.92 Å². The van der Waals surface area contributed by atoms with Crippen molar-refractivity contribution >= 4 is 28.3 Å². The molecule has 0 unspecified atom stereocenters. The Morgan fingerprint density at radius 2 is 2.14 bits per heavy atom. The molecule has 2 N–H and O–H groups in total. The highest BCUT2D eigenvalue weighted by Crippen LogP contribution is 2.28. The van der Waals surface area contributed by atoms with Gasteiger partial charge in [0.05, 0.1) is 5.56 Å². The zero-order chi connectivity index (χ0) is 16.9. The van der Waals surface area contributed by atoms with Crippen LogP contribution in [0.2, 0.25) is 0 Å². The lowest BCUT2D eigenvalue weighted by Gasteiger charge is -2.18. The van der Waals surface area contributed by atoms with Crippen molar-refractivity contribution < 1.29 is 19.4 Å². The zero-order valence-electron chi connectivity index (χ0n) is 12.9. The van der Waals surface area contributed by atoms with Crippen molar-refractivity contribution in [2.24, 2.45) is 0 Å². The number of carboxylic acid groups (broad SMARTS) is 1. The number of nitriles is 1. The average molecular weight is 322 g/mol. The molecule has 1 aromatic rings. The number of aromatic carboxylic acids is 1. The number of carbonyl (C=O) groups is 2. The lowest BCUT2D eigenvalue weighted by Crippen LogP contribution is -2.24. The van der Waals surface area contributed by atoms with Gasteiger partial charge in [0, 0.05) is 11.1 Å². The fourth-order valence-corrected chi connectivity index (χ4v) is 2.45. The van der Waals surface area contributed by atoms with E-state index < -0.39 is 17.5 Å². The van der Waals surface area contributed by atoms with Crippen LogP contribution in [-0.2, 0) is 16.0 Å². The highest BCUT2D eigenvalue weighted by Gasteiger charge is 2.20. The smallest absolute Gasteiger partial charge is 0.350 e. The fraction of sp³-hybridized carbons (Fsp3) is 0.400. The molecule has 0 aromatic carbocycles. The molecule has 6 nitrogen and oxygen atoms in total. The quantitative estimate of drug-likeness (QED) is 0.491. The van der Waals surface area contributed by atoms with Gasteiger partial charge in [-0.25, -0.2) is 9.59 Å². The van der Waals surface area contributed by atoms with E-state index in [-0.39, 0.29) is 11.1 Å². The van der Waals surface area contributed by atoms with Gasteiger partial charge >= 0.3 is 11.9 Å². The van der Waals surface area contributed by atoms with Gasteiger partial charge in [0.25, 0.3) is 0 Å². The molecular weight excluding hydrogens is 304 g/mol. The van der Waals surface area contributed by atoms with E-state index in [4.69, 9.17) is 15.1 Å². The third-order valence-corrected chi connectivity index (χ3v) is 3.66. The van der Waals surface area contributed by atoms with Gasteiger partial charge < -0.3 is 15.2 Å². The molecule has 0 aliphatic rings. The molecule has 7 heteroatoms. The average Bonchev–Trinajstić information content (AvgIpc) is 2.81. The first-order valence-electron chi connectivity index (χ1n) is 6.64. The minimum atomic E-state index is -1.07. The molecule has 0 amide bonds. The Morgan fingerprint density at radius 3 is 2.59 bits per heavy atom. The Bertz CT molecular complexity index is 647. The first kappa shape index (κ1) is 17.7. The van der Waals surface area contributed by atoms with Gasteiger partial charge in [-0.05, 0) is 33.3 Å². The Hall–Kier alpha value is -2.33. The topological polar surface area (TPSA) is 99.4 Å². The van der Waals surface area contributed by atoms with Gasteiger partial charge in [0.1, 0.15) is 16.7 Å². The van der Waals surface area contributed by atoms with Gasteiger partial charge in [0.2, 0.25) is 0 Å². The molecule has 1 aromatic heterocycles. The molecule has 0 aliphatic carbocycles. The monoisotopic (exact) mass is 322 g/mol. The first-order valence-corrected chi connectivity index (χ1v) is 7.45. The summed E-state index contributed by atoms with van der Waals surface area (Å²) in [7, 11) is 0. The summed E-state index contributed by atoms with van der Waals surface area (Å²) in [5.41, 5.74) is -0.824. The Morgan fingerprint density at radius 1 is 1.50 bits per heavy atom. The molecule has 0 spiro atoms. The summed E-state index contributed by atoms with van der Waals surface area (Å²) >= 11 is 1.27. The van der Waals surface area contributed by atoms with Crippen molar-refractivity contribution in [2.75, 3.05) is 5.32 Å². The molecule has 0 atom stereocenters. The lowest BCUT2D eigenvalue weighted by molar-refractivity contribution is -0.149. The summed E-state index contributed by atoms with van der Waals surface area (Å²) in [6.07, 6.45) is 1.87. The largest absolute Gasteiger partial charge is 0.478 e. The summed E-state index contributed by atoms with van der Waals surface area (Å²) in [4.78, 5) is 23.9. The number of hydrogen-bond acceptors (Lipinski definition) is 6. The summed E-state index contributed by atoms with van der Waals surface area (Å²) in [5, 5.41) is 21.3. The number of carboxylic acids is 1. The van der Waals surface area contributed by atoms with E-state index in [0.29, 0.717) is 11.4 Å². The van der Waals surface area contributed by atoms with Crippen LogP contribution < -0.4 is 5.32 Å². The normalized spacial score (nSPS) is 11.7. The molecule has 22 heavy (non-hydrogen) atoms. The zero-order valence-corrected chi connectivity index (χ0v) is 13.7.